The summed E-state index contributed by atoms with van der Waals surface area (Å²) in [6.45, 7) is 5.62. The minimum absolute atomic E-state index is 0. The van der Waals surface area contributed by atoms with Gasteiger partial charge in [-0.15, -0.1) is 0 Å². The SMILES string of the molecule is Cn1nc(C(C)(C)C)c(Cl)c1-c1nc2nc(-c3ccccc3C(F)(F)F)cc(C(F)(F)F)c2[nH]1.[NaH]. The van der Waals surface area contributed by atoms with Crippen LogP contribution in [-0.4, -0.2) is 54.3 Å². The number of nitrogens with zero attached hydrogens (tertiary/aromatic N) is 4. The summed E-state index contributed by atoms with van der Waals surface area (Å²) in [7, 11) is 1.56. The van der Waals surface area contributed by atoms with Crippen molar-refractivity contribution in [2.45, 2.75) is 38.5 Å². The van der Waals surface area contributed by atoms with Gasteiger partial charge in [0, 0.05) is 18.0 Å². The molecule has 0 atom stereocenters. The summed E-state index contributed by atoms with van der Waals surface area (Å²) in [4.78, 5) is 10.8. The van der Waals surface area contributed by atoms with Crippen LogP contribution in [0.3, 0.4) is 0 Å². The van der Waals surface area contributed by atoms with E-state index in [-0.39, 0.29) is 46.1 Å². The van der Waals surface area contributed by atoms with E-state index in [1.165, 1.54) is 10.7 Å². The molecule has 182 valence electrons. The Kier molecular flexibility index (Phi) is 7.15. The van der Waals surface area contributed by atoms with Crippen LogP contribution < -0.4 is 0 Å². The number of H-pyrrole nitrogens is 1. The van der Waals surface area contributed by atoms with Crippen molar-refractivity contribution in [1.82, 2.24) is 24.7 Å². The van der Waals surface area contributed by atoms with Crippen LogP contribution in [0.1, 0.15) is 37.6 Å². The third-order valence-corrected chi connectivity index (χ3v) is 5.56. The number of imidazole rings is 1. The fourth-order valence-corrected chi connectivity index (χ4v) is 4.18. The van der Waals surface area contributed by atoms with Gasteiger partial charge in [0.1, 0.15) is 5.69 Å². The van der Waals surface area contributed by atoms with Crippen molar-refractivity contribution in [3.05, 3.63) is 52.2 Å². The van der Waals surface area contributed by atoms with Crippen molar-refractivity contribution in [2.24, 2.45) is 7.05 Å². The molecule has 35 heavy (non-hydrogen) atoms. The van der Waals surface area contributed by atoms with Gasteiger partial charge in [-0.05, 0) is 12.1 Å². The average molecular weight is 526 g/mol. The summed E-state index contributed by atoms with van der Waals surface area (Å²) in [6.07, 6.45) is -9.67. The maximum atomic E-state index is 13.9. The van der Waals surface area contributed by atoms with E-state index in [0.717, 1.165) is 18.2 Å². The fraction of sp³-hybridized carbons (Fsp3) is 0.318. The topological polar surface area (TPSA) is 59.4 Å². The van der Waals surface area contributed by atoms with Gasteiger partial charge in [-0.1, -0.05) is 50.6 Å². The molecule has 1 aromatic carbocycles. The Hall–Kier alpha value is -2.08. The second kappa shape index (κ2) is 9.10. The predicted molar refractivity (Wildman–Crippen MR) is 122 cm³/mol. The van der Waals surface area contributed by atoms with Gasteiger partial charge in [0.15, 0.2) is 11.5 Å². The molecule has 0 radical (unpaired) electrons. The fourth-order valence-electron chi connectivity index (χ4n) is 3.65. The number of aromatic nitrogens is 5. The van der Waals surface area contributed by atoms with E-state index in [1.807, 2.05) is 20.8 Å². The number of aryl methyl sites for hydroxylation is 1. The van der Waals surface area contributed by atoms with E-state index in [0.29, 0.717) is 11.8 Å². The molecular formula is C22H19ClF6N5Na. The summed E-state index contributed by atoms with van der Waals surface area (Å²) < 4.78 is 83.7. The number of nitrogens with one attached hydrogen (secondary N) is 1. The van der Waals surface area contributed by atoms with Gasteiger partial charge >= 0.3 is 41.9 Å². The number of hydrogen-bond acceptors (Lipinski definition) is 3. The van der Waals surface area contributed by atoms with E-state index in [2.05, 4.69) is 20.1 Å². The third kappa shape index (κ3) is 5.09. The van der Waals surface area contributed by atoms with Crippen LogP contribution in [0.5, 0.6) is 0 Å². The van der Waals surface area contributed by atoms with E-state index in [4.69, 9.17) is 11.6 Å². The minimum atomic E-state index is -4.89. The van der Waals surface area contributed by atoms with Crippen LogP contribution in [0, 0.1) is 0 Å². The van der Waals surface area contributed by atoms with E-state index < -0.39 is 51.3 Å². The molecule has 3 heterocycles. The molecule has 0 fully saturated rings. The standard InChI is InChI=1S/C22H18ClF6N5.Na.H/c1-20(2,3)17-14(23)16(34(4)33-17)19-31-15-12(22(27,28)29)9-13(30-18(15)32-19)10-7-5-6-8-11(10)21(24,25)26;;/h5-9H,1-4H3,(H,30,31,32);;. The molecule has 0 aliphatic carbocycles. The van der Waals surface area contributed by atoms with Crippen LogP contribution in [0.15, 0.2) is 30.3 Å². The molecule has 13 heteroatoms. The van der Waals surface area contributed by atoms with Crippen LogP contribution >= 0.6 is 11.6 Å². The Labute approximate surface area is 223 Å². The van der Waals surface area contributed by atoms with E-state index >= 15 is 0 Å². The second-order valence-electron chi connectivity index (χ2n) is 8.76. The van der Waals surface area contributed by atoms with Crippen LogP contribution in [0.2, 0.25) is 5.02 Å². The van der Waals surface area contributed by atoms with Crippen molar-refractivity contribution in [2.75, 3.05) is 0 Å². The Morgan fingerprint density at radius 1 is 0.914 bits per heavy atom. The Bertz CT molecular complexity index is 1400. The van der Waals surface area contributed by atoms with Gasteiger partial charge in [-0.3, -0.25) is 4.68 Å². The molecule has 4 rings (SSSR count). The first-order chi connectivity index (χ1) is 15.6. The molecule has 5 nitrogen and oxygen atoms in total. The zero-order valence-electron chi connectivity index (χ0n) is 18.3. The van der Waals surface area contributed by atoms with Crippen LogP contribution in [0.4, 0.5) is 26.3 Å². The summed E-state index contributed by atoms with van der Waals surface area (Å²) in [6, 6.07) is 4.88. The molecule has 0 amide bonds. The zero-order valence-corrected chi connectivity index (χ0v) is 19.1. The zero-order chi connectivity index (χ0) is 25.2. The Morgan fingerprint density at radius 3 is 2.06 bits per heavy atom. The van der Waals surface area contributed by atoms with Gasteiger partial charge in [-0.25, -0.2) is 9.97 Å². The third-order valence-electron chi connectivity index (χ3n) is 5.20. The molecule has 0 spiro atoms. The number of pyridine rings is 1. The van der Waals surface area contributed by atoms with E-state index in [1.54, 1.807) is 7.05 Å². The monoisotopic (exact) mass is 525 g/mol. The molecule has 0 aliphatic rings. The second-order valence-corrected chi connectivity index (χ2v) is 9.14. The number of hydrogen-bond donors (Lipinski definition) is 1. The number of benzene rings is 1. The summed E-state index contributed by atoms with van der Waals surface area (Å²) >= 11 is 6.49. The first-order valence-electron chi connectivity index (χ1n) is 9.97. The molecule has 0 saturated carbocycles. The van der Waals surface area contributed by atoms with Gasteiger partial charge < -0.3 is 4.98 Å². The molecule has 4 aromatic rings. The molecule has 0 aliphatic heterocycles. The van der Waals surface area contributed by atoms with Crippen molar-refractivity contribution >= 4 is 52.3 Å². The summed E-state index contributed by atoms with van der Waals surface area (Å²) in [5, 5.41) is 4.56. The number of fused-ring (bicyclic) bond motifs is 1. The number of rotatable bonds is 2. The van der Waals surface area contributed by atoms with Gasteiger partial charge in [0.25, 0.3) is 0 Å². The van der Waals surface area contributed by atoms with Gasteiger partial charge in [-0.2, -0.15) is 31.4 Å². The Morgan fingerprint density at radius 2 is 1.51 bits per heavy atom. The number of halogens is 7. The predicted octanol–water partition coefficient (Wildman–Crippen LogP) is 6.37. The van der Waals surface area contributed by atoms with E-state index in [9.17, 15) is 26.3 Å². The van der Waals surface area contributed by atoms with Crippen molar-refractivity contribution < 1.29 is 26.3 Å². The first kappa shape index (κ1) is 27.5. The quantitative estimate of drug-likeness (QED) is 0.244. The van der Waals surface area contributed by atoms with Gasteiger partial charge in [0.2, 0.25) is 0 Å². The normalized spacial score (nSPS) is 12.8. The molecule has 0 saturated heterocycles. The average Bonchev–Trinajstić information content (AvgIpc) is 3.25. The van der Waals surface area contributed by atoms with Crippen LogP contribution in [0.25, 0.3) is 33.9 Å². The summed E-state index contributed by atoms with van der Waals surface area (Å²) in [5.74, 6) is -0.0373. The van der Waals surface area contributed by atoms with Crippen molar-refractivity contribution in [1.29, 1.82) is 0 Å². The van der Waals surface area contributed by atoms with Gasteiger partial charge in [0.05, 0.1) is 33.1 Å². The van der Waals surface area contributed by atoms with Crippen LogP contribution in [-0.2, 0) is 24.8 Å². The van der Waals surface area contributed by atoms with Crippen molar-refractivity contribution in [3.63, 3.8) is 0 Å². The number of alkyl halides is 6. The summed E-state index contributed by atoms with van der Waals surface area (Å²) in [5.41, 5.74) is -3.86. The first-order valence-corrected chi connectivity index (χ1v) is 10.3. The molecule has 0 bridgehead atoms. The Balaban J connectivity index is 0.00000342. The maximum absolute atomic E-state index is 13.9. The molecular weight excluding hydrogens is 507 g/mol. The molecule has 1 N–H and O–H groups in total. The van der Waals surface area contributed by atoms with Crippen molar-refractivity contribution in [3.8, 4) is 22.8 Å². The molecule has 3 aromatic heterocycles. The number of aromatic amines is 1. The molecule has 0 unspecified atom stereocenters.